The number of rotatable bonds is 15. The van der Waals surface area contributed by atoms with E-state index in [4.69, 9.17) is 24.9 Å². The topological polar surface area (TPSA) is 176 Å². The van der Waals surface area contributed by atoms with Gasteiger partial charge in [0.05, 0.1) is 6.61 Å². The lowest BCUT2D eigenvalue weighted by Crippen LogP contribution is -2.49. The van der Waals surface area contributed by atoms with Gasteiger partial charge < -0.3 is 40.2 Å². The van der Waals surface area contributed by atoms with E-state index < -0.39 is 18.2 Å². The van der Waals surface area contributed by atoms with E-state index in [0.717, 1.165) is 55.2 Å². The fourth-order valence-electron chi connectivity index (χ4n) is 10.8. The number of aromatic hydroxyl groups is 1. The number of carbonyl (C=O) groups excluding carboxylic acids is 2. The van der Waals surface area contributed by atoms with Crippen LogP contribution in [-0.2, 0) is 25.5 Å². The van der Waals surface area contributed by atoms with Gasteiger partial charge in [-0.2, -0.15) is 11.9 Å². The molecule has 0 saturated heterocycles. The van der Waals surface area contributed by atoms with Crippen LogP contribution >= 0.6 is 0 Å². The number of hydrogen-bond donors (Lipinski definition) is 4. The number of aryl methyl sites for hydroxylation is 1. The lowest BCUT2D eigenvalue weighted by atomic mass is 9.50. The van der Waals surface area contributed by atoms with Gasteiger partial charge in [0, 0.05) is 33.1 Å². The quantitative estimate of drug-likeness (QED) is 0.122. The molecule has 2 bridgehead atoms. The number of aliphatic hydroxyl groups is 2. The molecule has 0 amide bonds. The maximum absolute atomic E-state index is 12.8. The van der Waals surface area contributed by atoms with Crippen LogP contribution in [0, 0.1) is 47.3 Å². The zero-order valence-corrected chi connectivity index (χ0v) is 32.8. The Labute approximate surface area is 325 Å². The third-order valence-corrected chi connectivity index (χ3v) is 13.0. The molecule has 3 aliphatic carbocycles. The molecular formula is C44H60N3O8-. The first-order valence-electron chi connectivity index (χ1n) is 20.3. The van der Waals surface area contributed by atoms with Crippen molar-refractivity contribution >= 4 is 17.8 Å². The number of aromatic nitrogens is 2. The zero-order chi connectivity index (χ0) is 39.2. The van der Waals surface area contributed by atoms with E-state index in [2.05, 4.69) is 31.0 Å². The van der Waals surface area contributed by atoms with Gasteiger partial charge in [-0.05, 0) is 146 Å². The average Bonchev–Trinajstić information content (AvgIpc) is 3.68. The molecule has 1 aromatic carbocycles. The van der Waals surface area contributed by atoms with Gasteiger partial charge >= 0.3 is 11.9 Å². The Balaban J connectivity index is 1.28. The second-order valence-corrected chi connectivity index (χ2v) is 16.7. The van der Waals surface area contributed by atoms with Crippen molar-refractivity contribution in [1.82, 2.24) is 9.97 Å². The van der Waals surface area contributed by atoms with Crippen molar-refractivity contribution in [2.75, 3.05) is 25.6 Å². The number of phenols is 1. The highest BCUT2D eigenvalue weighted by Crippen LogP contribution is 2.59. The zero-order valence-electron chi connectivity index (χ0n) is 32.8. The maximum atomic E-state index is 12.8. The van der Waals surface area contributed by atoms with E-state index in [-0.39, 0.29) is 49.1 Å². The Morgan fingerprint density at radius 2 is 1.78 bits per heavy atom. The SMILES string of the molecule is CC(=O)O[C@H](CCc1cc(OCCO)c(O)cc1-c1ccnc(N)c1)C[C@@H](OC(C)=O)[C@@H]1C[C@@H](CO)[C@@H]2CC[C@@H](c3ccc[n-]3)[C@@H]3C[C@H](C(C)C)[C@H](C1)C[C@@H]32. The van der Waals surface area contributed by atoms with Gasteiger partial charge in [0.15, 0.2) is 11.5 Å². The Morgan fingerprint density at radius 1 is 0.982 bits per heavy atom. The molecule has 6 rings (SSSR count). The Morgan fingerprint density at radius 3 is 2.45 bits per heavy atom. The Hall–Kier alpha value is -4.09. The number of ether oxygens (including phenoxy) is 3. The highest BCUT2D eigenvalue weighted by Gasteiger charge is 2.51. The summed E-state index contributed by atoms with van der Waals surface area (Å²) in [5, 5.41) is 31.2. The standard InChI is InChI=1S/C44H60N3O8/c1-25(2)36-22-39-35(40-6-5-12-46-40)10-9-34-32(24-49)17-31(16-30(36)18-38(34)39)42(55-27(4)51)21-33(54-26(3)50)8-7-28-19-43(53-15-14-48)41(52)23-37(28)29-11-13-47-44(45)20-29/h5-6,11-13,19-20,23,25,30-36,38-39,42,48-49,52H,7-10,14-18,21-22,24H2,1-4H3,(H2,45,47)/q-1/t30-,31+,32+,33-,34+,35-,36-,38-,39+,42-/m1/s1. The number of hydrogen-bond acceptors (Lipinski definition) is 10. The molecule has 2 aromatic heterocycles. The van der Waals surface area contributed by atoms with Gasteiger partial charge in [-0.15, -0.1) is 0 Å². The highest BCUT2D eigenvalue weighted by molar-refractivity contribution is 5.72. The van der Waals surface area contributed by atoms with Gasteiger partial charge in [0.1, 0.15) is 24.6 Å². The van der Waals surface area contributed by atoms with E-state index in [9.17, 15) is 24.9 Å². The first-order chi connectivity index (χ1) is 26.4. The second kappa shape index (κ2) is 18.2. The van der Waals surface area contributed by atoms with Crippen molar-refractivity contribution in [3.63, 3.8) is 0 Å². The first-order valence-corrected chi connectivity index (χ1v) is 20.3. The molecule has 3 fully saturated rings. The van der Waals surface area contributed by atoms with Crippen molar-refractivity contribution in [2.24, 2.45) is 47.3 Å². The van der Waals surface area contributed by atoms with Crippen LogP contribution < -0.4 is 15.5 Å². The number of esters is 2. The third kappa shape index (κ3) is 9.66. The summed E-state index contributed by atoms with van der Waals surface area (Å²) in [6, 6.07) is 11.1. The summed E-state index contributed by atoms with van der Waals surface area (Å²) in [7, 11) is 0. The number of nitrogens with zero attached hydrogens (tertiary/aromatic N) is 2. The van der Waals surface area contributed by atoms with Crippen LogP contribution in [-0.4, -0.2) is 64.3 Å². The monoisotopic (exact) mass is 758 g/mol. The van der Waals surface area contributed by atoms with Crippen LogP contribution in [0.3, 0.4) is 0 Å². The molecule has 5 N–H and O–H groups in total. The van der Waals surface area contributed by atoms with Crippen LogP contribution in [0.25, 0.3) is 11.1 Å². The molecule has 300 valence electrons. The predicted molar refractivity (Wildman–Crippen MR) is 209 cm³/mol. The van der Waals surface area contributed by atoms with Crippen molar-refractivity contribution in [1.29, 1.82) is 0 Å². The van der Waals surface area contributed by atoms with Crippen molar-refractivity contribution in [3.05, 3.63) is 60.0 Å². The number of phenolic OH excluding ortho intramolecular Hbond substituents is 1. The molecule has 55 heavy (non-hydrogen) atoms. The fourth-order valence-corrected chi connectivity index (χ4v) is 10.8. The minimum absolute atomic E-state index is 0.0117. The number of benzene rings is 1. The first kappa shape index (κ1) is 40.6. The van der Waals surface area contributed by atoms with Gasteiger partial charge in [-0.25, -0.2) is 4.98 Å². The molecule has 0 spiro atoms. The number of aliphatic hydroxyl groups excluding tert-OH is 2. The molecule has 0 unspecified atom stereocenters. The maximum Gasteiger partial charge on any atom is 0.302 e. The van der Waals surface area contributed by atoms with Gasteiger partial charge in [0.25, 0.3) is 0 Å². The molecule has 11 heteroatoms. The van der Waals surface area contributed by atoms with Crippen LogP contribution in [0.5, 0.6) is 11.5 Å². The largest absolute Gasteiger partial charge is 0.667 e. The average molecular weight is 759 g/mol. The summed E-state index contributed by atoms with van der Waals surface area (Å²) in [5.41, 5.74) is 9.54. The van der Waals surface area contributed by atoms with Crippen LogP contribution in [0.2, 0.25) is 0 Å². The Kier molecular flexibility index (Phi) is 13.5. The van der Waals surface area contributed by atoms with E-state index in [0.29, 0.717) is 66.5 Å². The van der Waals surface area contributed by atoms with E-state index >= 15 is 0 Å². The summed E-state index contributed by atoms with van der Waals surface area (Å²) < 4.78 is 17.9. The predicted octanol–water partition coefficient (Wildman–Crippen LogP) is 6.68. The van der Waals surface area contributed by atoms with Gasteiger partial charge in [0.2, 0.25) is 0 Å². The van der Waals surface area contributed by atoms with Gasteiger partial charge in [-0.1, -0.05) is 26.0 Å². The number of fused-ring (bicyclic) bond motifs is 1. The smallest absolute Gasteiger partial charge is 0.302 e. The van der Waals surface area contributed by atoms with E-state index in [1.54, 1.807) is 24.4 Å². The molecule has 11 nitrogen and oxygen atoms in total. The molecule has 3 aliphatic rings. The van der Waals surface area contributed by atoms with Crippen molar-refractivity contribution in [2.45, 2.75) is 104 Å². The van der Waals surface area contributed by atoms with Crippen molar-refractivity contribution < 1.29 is 39.1 Å². The number of carbonyl (C=O) groups is 2. The summed E-state index contributed by atoms with van der Waals surface area (Å²) in [4.78, 5) is 34.3. The molecule has 2 heterocycles. The Bertz CT molecular complexity index is 1730. The number of pyridine rings is 1. The third-order valence-electron chi connectivity index (χ3n) is 13.0. The second-order valence-electron chi connectivity index (χ2n) is 16.7. The number of anilines is 1. The van der Waals surface area contributed by atoms with Crippen LogP contribution in [0.15, 0.2) is 48.8 Å². The van der Waals surface area contributed by atoms with Crippen LogP contribution in [0.4, 0.5) is 5.82 Å². The highest BCUT2D eigenvalue weighted by atomic mass is 16.6. The van der Waals surface area contributed by atoms with Crippen LogP contribution in [0.1, 0.15) is 96.2 Å². The molecule has 10 atom stereocenters. The summed E-state index contributed by atoms with van der Waals surface area (Å²) in [6.45, 7) is 7.39. The van der Waals surface area contributed by atoms with E-state index in [1.165, 1.54) is 19.5 Å². The normalized spacial score (nSPS) is 27.4. The summed E-state index contributed by atoms with van der Waals surface area (Å²) in [6.07, 6.45) is 9.59. The minimum atomic E-state index is -0.581. The van der Waals surface area contributed by atoms with Crippen molar-refractivity contribution in [3.8, 4) is 22.6 Å². The lowest BCUT2D eigenvalue weighted by molar-refractivity contribution is -0.158. The van der Waals surface area contributed by atoms with Gasteiger partial charge in [-0.3, -0.25) is 9.59 Å². The fraction of sp³-hybridized carbons (Fsp3) is 0.614. The molecule has 3 aromatic rings. The molecular weight excluding hydrogens is 698 g/mol. The molecule has 0 radical (unpaired) electrons. The lowest BCUT2D eigenvalue weighted by Gasteiger charge is -2.56. The summed E-state index contributed by atoms with van der Waals surface area (Å²) in [5.74, 6) is 3.13. The molecule has 3 saturated carbocycles. The minimum Gasteiger partial charge on any atom is -0.667 e. The number of nitrogens with two attached hydrogens (primary N) is 1. The van der Waals surface area contributed by atoms with E-state index in [1.807, 2.05) is 12.3 Å². The number of nitrogen functional groups attached to an aromatic ring is 1. The molecule has 0 aliphatic heterocycles. The summed E-state index contributed by atoms with van der Waals surface area (Å²) >= 11 is 0.